The Bertz CT molecular complexity index is 1300. The molecular formula is C24H27N5O4S. The predicted molar refractivity (Wildman–Crippen MR) is 129 cm³/mol. The Balaban J connectivity index is 1.62. The Morgan fingerprint density at radius 1 is 1.03 bits per heavy atom. The van der Waals surface area contributed by atoms with Gasteiger partial charge in [-0.25, -0.2) is 18.1 Å². The number of benzene rings is 2. The van der Waals surface area contributed by atoms with Gasteiger partial charge in [0.1, 0.15) is 0 Å². The summed E-state index contributed by atoms with van der Waals surface area (Å²) in [5.74, 6) is -0.830. The topological polar surface area (TPSA) is 125 Å². The van der Waals surface area contributed by atoms with E-state index in [9.17, 15) is 18.3 Å². The van der Waals surface area contributed by atoms with Gasteiger partial charge < -0.3 is 15.3 Å². The van der Waals surface area contributed by atoms with E-state index in [1.165, 1.54) is 24.3 Å². The lowest BCUT2D eigenvalue weighted by molar-refractivity contribution is 0.0766. The van der Waals surface area contributed by atoms with Crippen molar-refractivity contribution in [2.75, 3.05) is 30.9 Å². The van der Waals surface area contributed by atoms with E-state index in [1.807, 2.05) is 32.0 Å². The summed E-state index contributed by atoms with van der Waals surface area (Å²) in [5, 5.41) is 13.4. The first-order valence-electron chi connectivity index (χ1n) is 11.0. The zero-order valence-electron chi connectivity index (χ0n) is 19.1. The second kappa shape index (κ2) is 9.78. The molecule has 2 heterocycles. The summed E-state index contributed by atoms with van der Waals surface area (Å²) < 4.78 is 28.5. The van der Waals surface area contributed by atoms with E-state index < -0.39 is 10.0 Å². The van der Waals surface area contributed by atoms with Crippen LogP contribution in [-0.4, -0.2) is 60.5 Å². The Morgan fingerprint density at radius 2 is 1.76 bits per heavy atom. The van der Waals surface area contributed by atoms with Crippen molar-refractivity contribution in [2.24, 2.45) is 0 Å². The molecule has 0 bridgehead atoms. The highest BCUT2D eigenvalue weighted by Crippen LogP contribution is 2.29. The number of rotatable bonds is 5. The van der Waals surface area contributed by atoms with Crippen molar-refractivity contribution in [2.45, 2.75) is 25.2 Å². The van der Waals surface area contributed by atoms with Gasteiger partial charge in [0.25, 0.3) is 15.9 Å². The molecule has 1 amide bonds. The van der Waals surface area contributed by atoms with Crippen LogP contribution in [0.1, 0.15) is 27.9 Å². The first kappa shape index (κ1) is 23.7. The van der Waals surface area contributed by atoms with Crippen molar-refractivity contribution in [1.82, 2.24) is 20.2 Å². The van der Waals surface area contributed by atoms with Crippen LogP contribution in [0.2, 0.25) is 0 Å². The summed E-state index contributed by atoms with van der Waals surface area (Å²) in [6, 6.07) is 13.0. The SMILES string of the molecule is Cc1cccc(C)c1-c1cc(O)nc(NS(=O)(=O)c2cccc(C(=O)N3CCCNCC3)c2)n1. The molecule has 1 fully saturated rings. The lowest BCUT2D eigenvalue weighted by Crippen LogP contribution is -2.34. The summed E-state index contributed by atoms with van der Waals surface area (Å²) in [7, 11) is -4.11. The van der Waals surface area contributed by atoms with Crippen LogP contribution in [0.3, 0.4) is 0 Å². The molecule has 1 aliphatic heterocycles. The van der Waals surface area contributed by atoms with Crippen LogP contribution >= 0.6 is 0 Å². The highest BCUT2D eigenvalue weighted by atomic mass is 32.2. The monoisotopic (exact) mass is 481 g/mol. The van der Waals surface area contributed by atoms with Crippen LogP contribution in [0.5, 0.6) is 5.88 Å². The van der Waals surface area contributed by atoms with E-state index in [4.69, 9.17) is 0 Å². The van der Waals surface area contributed by atoms with E-state index in [1.54, 1.807) is 11.0 Å². The minimum absolute atomic E-state index is 0.0909. The first-order chi connectivity index (χ1) is 16.2. The van der Waals surface area contributed by atoms with Gasteiger partial charge in [-0.3, -0.25) is 4.79 Å². The Kier molecular flexibility index (Phi) is 6.80. The number of amides is 1. The fourth-order valence-electron chi connectivity index (χ4n) is 4.03. The molecule has 0 aliphatic carbocycles. The molecule has 34 heavy (non-hydrogen) atoms. The van der Waals surface area contributed by atoms with Gasteiger partial charge >= 0.3 is 0 Å². The Hall–Kier alpha value is -3.50. The number of sulfonamides is 1. The number of hydrogen-bond donors (Lipinski definition) is 3. The smallest absolute Gasteiger partial charge is 0.264 e. The van der Waals surface area contributed by atoms with Gasteiger partial charge in [-0.2, -0.15) is 4.98 Å². The molecule has 0 saturated carbocycles. The molecule has 0 unspecified atom stereocenters. The van der Waals surface area contributed by atoms with Crippen LogP contribution in [-0.2, 0) is 10.0 Å². The van der Waals surface area contributed by atoms with Crippen LogP contribution < -0.4 is 10.0 Å². The molecule has 3 N–H and O–H groups in total. The normalized spacial score (nSPS) is 14.5. The van der Waals surface area contributed by atoms with Gasteiger partial charge in [0, 0.05) is 36.8 Å². The number of carbonyl (C=O) groups is 1. The minimum Gasteiger partial charge on any atom is -0.493 e. The largest absolute Gasteiger partial charge is 0.493 e. The number of hydrogen-bond acceptors (Lipinski definition) is 7. The molecule has 0 radical (unpaired) electrons. The number of aromatic nitrogens is 2. The van der Waals surface area contributed by atoms with Crippen molar-refractivity contribution in [3.8, 4) is 17.1 Å². The van der Waals surface area contributed by atoms with Crippen LogP contribution in [0.4, 0.5) is 5.95 Å². The van der Waals surface area contributed by atoms with Crippen LogP contribution in [0.25, 0.3) is 11.3 Å². The van der Waals surface area contributed by atoms with Crippen molar-refractivity contribution >= 4 is 21.9 Å². The average Bonchev–Trinajstić information content (AvgIpc) is 3.07. The molecule has 4 rings (SSSR count). The van der Waals surface area contributed by atoms with Crippen molar-refractivity contribution < 1.29 is 18.3 Å². The second-order valence-corrected chi connectivity index (χ2v) is 9.91. The van der Waals surface area contributed by atoms with E-state index in [-0.39, 0.29) is 28.2 Å². The van der Waals surface area contributed by atoms with Gasteiger partial charge in [0.05, 0.1) is 10.6 Å². The highest BCUT2D eigenvalue weighted by Gasteiger charge is 2.22. The second-order valence-electron chi connectivity index (χ2n) is 8.23. The molecular weight excluding hydrogens is 454 g/mol. The number of aromatic hydroxyl groups is 1. The molecule has 3 aromatic rings. The van der Waals surface area contributed by atoms with Crippen LogP contribution in [0.15, 0.2) is 53.4 Å². The van der Waals surface area contributed by atoms with E-state index in [2.05, 4.69) is 20.0 Å². The first-order valence-corrected chi connectivity index (χ1v) is 12.5. The number of carbonyl (C=O) groups excluding carboxylic acids is 1. The summed E-state index contributed by atoms with van der Waals surface area (Å²) in [6.07, 6.45) is 0.836. The third-order valence-electron chi connectivity index (χ3n) is 5.69. The molecule has 0 spiro atoms. The van der Waals surface area contributed by atoms with Crippen LogP contribution in [0, 0.1) is 13.8 Å². The van der Waals surface area contributed by atoms with Gasteiger partial charge in [0.2, 0.25) is 11.8 Å². The number of nitrogens with zero attached hydrogens (tertiary/aromatic N) is 3. The Labute approximate surface area is 198 Å². The molecule has 10 heteroatoms. The fourth-order valence-corrected chi connectivity index (χ4v) is 5.02. The summed E-state index contributed by atoms with van der Waals surface area (Å²) in [6.45, 7) is 6.53. The van der Waals surface area contributed by atoms with Gasteiger partial charge in [-0.05, 0) is 56.1 Å². The zero-order chi connectivity index (χ0) is 24.3. The van der Waals surface area contributed by atoms with Gasteiger partial charge in [-0.15, -0.1) is 0 Å². The Morgan fingerprint density at radius 3 is 2.53 bits per heavy atom. The molecule has 1 saturated heterocycles. The summed E-state index contributed by atoms with van der Waals surface area (Å²) in [5.41, 5.74) is 3.35. The third-order valence-corrected chi connectivity index (χ3v) is 7.02. The molecule has 1 aromatic heterocycles. The lowest BCUT2D eigenvalue weighted by Gasteiger charge is -2.20. The molecule has 1 aliphatic rings. The molecule has 0 atom stereocenters. The standard InChI is InChI=1S/C24H27N5O4S/c1-16-6-3-7-17(2)22(16)20-15-21(30)27-24(26-20)28-34(32,33)19-9-4-8-18(14-19)23(31)29-12-5-10-25-11-13-29/h3-4,6-9,14-15,25H,5,10-13H2,1-2H3,(H2,26,27,28,30). The van der Waals surface area contributed by atoms with Crippen molar-refractivity contribution in [3.63, 3.8) is 0 Å². The number of nitrogens with one attached hydrogen (secondary N) is 2. The third kappa shape index (κ3) is 5.18. The molecule has 9 nitrogen and oxygen atoms in total. The zero-order valence-corrected chi connectivity index (χ0v) is 19.9. The summed E-state index contributed by atoms with van der Waals surface area (Å²) in [4.78, 5) is 22.7. The van der Waals surface area contributed by atoms with E-state index >= 15 is 0 Å². The summed E-state index contributed by atoms with van der Waals surface area (Å²) >= 11 is 0. The minimum atomic E-state index is -4.11. The average molecular weight is 482 g/mol. The molecule has 2 aromatic carbocycles. The maximum atomic E-state index is 13.1. The maximum Gasteiger partial charge on any atom is 0.264 e. The number of aryl methyl sites for hydroxylation is 2. The van der Waals surface area contributed by atoms with Gasteiger partial charge in [0.15, 0.2) is 0 Å². The van der Waals surface area contributed by atoms with Crippen molar-refractivity contribution in [1.29, 1.82) is 0 Å². The van der Waals surface area contributed by atoms with Crippen molar-refractivity contribution in [3.05, 3.63) is 65.2 Å². The highest BCUT2D eigenvalue weighted by molar-refractivity contribution is 7.92. The lowest BCUT2D eigenvalue weighted by atomic mass is 10.00. The number of anilines is 1. The fraction of sp³-hybridized carbons (Fsp3) is 0.292. The molecule has 178 valence electrons. The van der Waals surface area contributed by atoms with Gasteiger partial charge in [-0.1, -0.05) is 24.3 Å². The van der Waals surface area contributed by atoms with E-state index in [0.29, 0.717) is 25.3 Å². The quantitative estimate of drug-likeness (QED) is 0.512. The van der Waals surface area contributed by atoms with E-state index in [0.717, 1.165) is 29.7 Å². The maximum absolute atomic E-state index is 13.1. The predicted octanol–water partition coefficient (Wildman–Crippen LogP) is 2.70.